The van der Waals surface area contributed by atoms with Crippen molar-refractivity contribution in [3.63, 3.8) is 0 Å². The van der Waals surface area contributed by atoms with Gasteiger partial charge in [0.15, 0.2) is 0 Å². The first kappa shape index (κ1) is 10.3. The predicted molar refractivity (Wildman–Crippen MR) is 52.9 cm³/mol. The molecule has 0 aliphatic carbocycles. The Balaban J connectivity index is 3.10. The van der Waals surface area contributed by atoms with Crippen LogP contribution in [0.1, 0.15) is 36.8 Å². The van der Waals surface area contributed by atoms with Gasteiger partial charge in [0.2, 0.25) is 0 Å². The Labute approximate surface area is 79.4 Å². The first-order chi connectivity index (χ1) is 6.11. The van der Waals surface area contributed by atoms with Crippen molar-refractivity contribution in [1.82, 2.24) is 9.78 Å². The Morgan fingerprint density at radius 3 is 2.46 bits per heavy atom. The molecule has 3 heteroatoms. The molecule has 0 bridgehead atoms. The van der Waals surface area contributed by atoms with Crippen LogP contribution in [0, 0.1) is 13.8 Å². The van der Waals surface area contributed by atoms with Gasteiger partial charge in [0.05, 0.1) is 18.3 Å². The fourth-order valence-corrected chi connectivity index (χ4v) is 1.72. The molecule has 0 aromatic carbocycles. The lowest BCUT2D eigenvalue weighted by Gasteiger charge is -2.10. The molecule has 74 valence electrons. The molecule has 1 aromatic heterocycles. The number of nitrogens with zero attached hydrogens (tertiary/aromatic N) is 2. The highest BCUT2D eigenvalue weighted by Gasteiger charge is 2.13. The highest BCUT2D eigenvalue weighted by Crippen LogP contribution is 2.17. The van der Waals surface area contributed by atoms with Gasteiger partial charge in [0, 0.05) is 5.69 Å². The number of aliphatic hydroxyl groups is 1. The average Bonchev–Trinajstić information content (AvgIpc) is 2.40. The van der Waals surface area contributed by atoms with E-state index in [2.05, 4.69) is 18.9 Å². The summed E-state index contributed by atoms with van der Waals surface area (Å²) in [5.41, 5.74) is 3.57. The summed E-state index contributed by atoms with van der Waals surface area (Å²) in [5.74, 6) is 0. The Kier molecular flexibility index (Phi) is 3.09. The van der Waals surface area contributed by atoms with Gasteiger partial charge in [-0.05, 0) is 32.8 Å². The molecule has 0 saturated heterocycles. The number of hydrogen-bond acceptors (Lipinski definition) is 2. The van der Waals surface area contributed by atoms with E-state index in [1.54, 1.807) is 0 Å². The van der Waals surface area contributed by atoms with Gasteiger partial charge in [-0.2, -0.15) is 5.10 Å². The van der Waals surface area contributed by atoms with E-state index in [1.807, 2.05) is 18.5 Å². The van der Waals surface area contributed by atoms with E-state index in [4.69, 9.17) is 5.11 Å². The van der Waals surface area contributed by atoms with Gasteiger partial charge in [0.1, 0.15) is 0 Å². The fourth-order valence-electron chi connectivity index (χ4n) is 1.72. The molecular weight excluding hydrogens is 164 g/mol. The molecule has 0 fully saturated rings. The molecule has 0 amide bonds. The first-order valence-electron chi connectivity index (χ1n) is 4.77. The molecule has 0 spiro atoms. The number of rotatable bonds is 3. The van der Waals surface area contributed by atoms with Gasteiger partial charge in [0.25, 0.3) is 0 Å². The monoisotopic (exact) mass is 182 g/mol. The van der Waals surface area contributed by atoms with Crippen molar-refractivity contribution in [3.05, 3.63) is 17.0 Å². The Hall–Kier alpha value is -0.830. The molecule has 1 unspecified atom stereocenters. The van der Waals surface area contributed by atoms with E-state index in [0.717, 1.165) is 12.1 Å². The van der Waals surface area contributed by atoms with Crippen molar-refractivity contribution in [2.45, 2.75) is 40.2 Å². The number of hydrogen-bond donors (Lipinski definition) is 1. The minimum Gasteiger partial charge on any atom is -0.394 e. The summed E-state index contributed by atoms with van der Waals surface area (Å²) in [6.45, 7) is 8.33. The lowest BCUT2D eigenvalue weighted by molar-refractivity contribution is 0.227. The third-order valence-electron chi connectivity index (χ3n) is 2.51. The van der Waals surface area contributed by atoms with Gasteiger partial charge in [-0.15, -0.1) is 0 Å². The van der Waals surface area contributed by atoms with Crippen LogP contribution in [0.3, 0.4) is 0 Å². The molecular formula is C10H18N2O. The molecule has 1 heterocycles. The SMILES string of the molecule is CCc1c(C)nn(C(C)CO)c1C. The predicted octanol–water partition coefficient (Wildman–Crippen LogP) is 1.62. The van der Waals surface area contributed by atoms with Crippen LogP contribution in [-0.2, 0) is 6.42 Å². The quantitative estimate of drug-likeness (QED) is 0.771. The Morgan fingerprint density at radius 1 is 1.46 bits per heavy atom. The van der Waals surface area contributed by atoms with Gasteiger partial charge in [-0.1, -0.05) is 6.92 Å². The standard InChI is InChI=1S/C10H18N2O/c1-5-10-8(3)11-12(9(10)4)7(2)6-13/h7,13H,5-6H2,1-4H3. The summed E-state index contributed by atoms with van der Waals surface area (Å²) >= 11 is 0. The lowest BCUT2D eigenvalue weighted by atomic mass is 10.1. The van der Waals surface area contributed by atoms with Crippen molar-refractivity contribution in [2.75, 3.05) is 6.61 Å². The summed E-state index contributed by atoms with van der Waals surface area (Å²) < 4.78 is 1.91. The highest BCUT2D eigenvalue weighted by molar-refractivity contribution is 5.24. The van der Waals surface area contributed by atoms with Crippen molar-refractivity contribution in [2.24, 2.45) is 0 Å². The van der Waals surface area contributed by atoms with Gasteiger partial charge in [-0.3, -0.25) is 4.68 Å². The normalized spacial score (nSPS) is 13.3. The van der Waals surface area contributed by atoms with E-state index in [1.165, 1.54) is 11.3 Å². The minimum absolute atomic E-state index is 0.0824. The summed E-state index contributed by atoms with van der Waals surface area (Å²) in [5, 5.41) is 13.4. The molecule has 3 nitrogen and oxygen atoms in total. The zero-order chi connectivity index (χ0) is 10.0. The second kappa shape index (κ2) is 3.92. The Morgan fingerprint density at radius 2 is 2.08 bits per heavy atom. The maximum atomic E-state index is 9.02. The molecule has 0 aliphatic rings. The van der Waals surface area contributed by atoms with Crippen LogP contribution in [0.25, 0.3) is 0 Å². The number of aryl methyl sites for hydroxylation is 1. The van der Waals surface area contributed by atoms with Gasteiger partial charge < -0.3 is 5.11 Å². The number of aliphatic hydroxyl groups excluding tert-OH is 1. The Bertz CT molecular complexity index is 291. The molecule has 1 N–H and O–H groups in total. The third kappa shape index (κ3) is 1.75. The third-order valence-corrected chi connectivity index (χ3v) is 2.51. The molecule has 1 aromatic rings. The largest absolute Gasteiger partial charge is 0.394 e. The van der Waals surface area contributed by atoms with E-state index in [-0.39, 0.29) is 12.6 Å². The summed E-state index contributed by atoms with van der Waals surface area (Å²) in [7, 11) is 0. The van der Waals surface area contributed by atoms with Crippen LogP contribution in [0.2, 0.25) is 0 Å². The summed E-state index contributed by atoms with van der Waals surface area (Å²) in [4.78, 5) is 0. The van der Waals surface area contributed by atoms with E-state index in [9.17, 15) is 0 Å². The number of aromatic nitrogens is 2. The van der Waals surface area contributed by atoms with Crippen LogP contribution >= 0.6 is 0 Å². The topological polar surface area (TPSA) is 38.0 Å². The summed E-state index contributed by atoms with van der Waals surface area (Å²) in [6.07, 6.45) is 1.01. The van der Waals surface area contributed by atoms with Crippen molar-refractivity contribution in [3.8, 4) is 0 Å². The van der Waals surface area contributed by atoms with Crippen LogP contribution < -0.4 is 0 Å². The highest BCUT2D eigenvalue weighted by atomic mass is 16.3. The van der Waals surface area contributed by atoms with Crippen LogP contribution in [0.15, 0.2) is 0 Å². The van der Waals surface area contributed by atoms with Crippen LogP contribution in [0.4, 0.5) is 0 Å². The maximum absolute atomic E-state index is 9.02. The maximum Gasteiger partial charge on any atom is 0.0725 e. The molecule has 0 aliphatic heterocycles. The van der Waals surface area contributed by atoms with Gasteiger partial charge in [-0.25, -0.2) is 0 Å². The van der Waals surface area contributed by atoms with Crippen molar-refractivity contribution < 1.29 is 5.11 Å². The second-order valence-electron chi connectivity index (χ2n) is 3.48. The van der Waals surface area contributed by atoms with E-state index < -0.39 is 0 Å². The zero-order valence-corrected chi connectivity index (χ0v) is 8.83. The van der Waals surface area contributed by atoms with Crippen molar-refractivity contribution >= 4 is 0 Å². The van der Waals surface area contributed by atoms with Crippen LogP contribution in [0.5, 0.6) is 0 Å². The molecule has 1 atom stereocenters. The fraction of sp³-hybridized carbons (Fsp3) is 0.700. The molecule has 0 radical (unpaired) electrons. The molecule has 13 heavy (non-hydrogen) atoms. The average molecular weight is 182 g/mol. The van der Waals surface area contributed by atoms with Gasteiger partial charge >= 0.3 is 0 Å². The smallest absolute Gasteiger partial charge is 0.0725 e. The molecule has 1 rings (SSSR count). The van der Waals surface area contributed by atoms with Crippen LogP contribution in [-0.4, -0.2) is 21.5 Å². The first-order valence-corrected chi connectivity index (χ1v) is 4.77. The lowest BCUT2D eigenvalue weighted by Crippen LogP contribution is -2.12. The minimum atomic E-state index is 0.0824. The van der Waals surface area contributed by atoms with E-state index >= 15 is 0 Å². The van der Waals surface area contributed by atoms with Crippen molar-refractivity contribution in [1.29, 1.82) is 0 Å². The second-order valence-corrected chi connectivity index (χ2v) is 3.48. The summed E-state index contributed by atoms with van der Waals surface area (Å²) in [6, 6.07) is 0.0824. The zero-order valence-electron chi connectivity index (χ0n) is 8.83. The molecule has 0 saturated carbocycles. The van der Waals surface area contributed by atoms with E-state index in [0.29, 0.717) is 0 Å².